The van der Waals surface area contributed by atoms with Gasteiger partial charge in [0.05, 0.1) is 30.9 Å². The van der Waals surface area contributed by atoms with Crippen molar-refractivity contribution in [2.75, 3.05) is 14.2 Å². The molecule has 9 heteroatoms. The minimum absolute atomic E-state index is 0.00450. The number of hydrogen-bond donors (Lipinski definition) is 0. The minimum Gasteiger partial charge on any atom is -0.493 e. The van der Waals surface area contributed by atoms with Crippen molar-refractivity contribution in [3.8, 4) is 17.2 Å². The first-order valence-electron chi connectivity index (χ1n) is 10.2. The van der Waals surface area contributed by atoms with Crippen LogP contribution in [0.25, 0.3) is 6.08 Å². The molecule has 0 unspecified atom stereocenters. The van der Waals surface area contributed by atoms with Crippen molar-refractivity contribution in [2.45, 2.75) is 6.18 Å². The van der Waals surface area contributed by atoms with Crippen LogP contribution in [-0.2, 0) is 10.9 Å². The van der Waals surface area contributed by atoms with Gasteiger partial charge in [0.15, 0.2) is 23.1 Å². The molecule has 0 saturated carbocycles. The summed E-state index contributed by atoms with van der Waals surface area (Å²) in [6.07, 6.45) is -3.40. The number of halogens is 3. The molecule has 0 aliphatic heterocycles. The average Bonchev–Trinajstić information content (AvgIpc) is 3.08. The first-order valence-corrected chi connectivity index (χ1v) is 10.2. The molecular weight excluding hydrogens is 465 g/mol. The van der Waals surface area contributed by atoms with E-state index < -0.39 is 34.8 Å². The Hall–Kier alpha value is -4.40. The van der Waals surface area contributed by atoms with Crippen LogP contribution >= 0.6 is 0 Å². The molecule has 0 saturated heterocycles. The molecular formula is C26H17F3O6. The lowest BCUT2D eigenvalue weighted by atomic mass is 10.1. The summed E-state index contributed by atoms with van der Waals surface area (Å²) < 4.78 is 55.7. The second-order valence-corrected chi connectivity index (χ2v) is 7.47. The number of hydrogen-bond acceptors (Lipinski definition) is 6. The third-order valence-corrected chi connectivity index (χ3v) is 5.33. The molecule has 0 bridgehead atoms. The number of methoxy groups -OCH3 is 2. The van der Waals surface area contributed by atoms with E-state index in [4.69, 9.17) is 9.47 Å². The fraction of sp³-hybridized carbons (Fsp3) is 0.115. The standard InChI is InChI=1S/C26H17F3O6/c1-33-22-12-14(11-19-23(30)16-5-3-4-6-17(16)24(19)31)7-10-21(22)35-15-8-9-18(25(32)34-2)20(13-15)26(27,28)29/h3-13H,1-2H3. The van der Waals surface area contributed by atoms with Gasteiger partial charge in [-0.15, -0.1) is 0 Å². The van der Waals surface area contributed by atoms with Crippen LogP contribution in [0, 0.1) is 0 Å². The summed E-state index contributed by atoms with van der Waals surface area (Å²) in [5.41, 5.74) is -0.753. The summed E-state index contributed by atoms with van der Waals surface area (Å²) >= 11 is 0. The summed E-state index contributed by atoms with van der Waals surface area (Å²) in [6, 6.07) is 13.8. The monoisotopic (exact) mass is 482 g/mol. The normalized spacial score (nSPS) is 12.9. The maximum atomic E-state index is 13.5. The van der Waals surface area contributed by atoms with Gasteiger partial charge < -0.3 is 14.2 Å². The number of ether oxygens (including phenoxy) is 3. The van der Waals surface area contributed by atoms with E-state index in [2.05, 4.69) is 4.74 Å². The van der Waals surface area contributed by atoms with Crippen LogP contribution in [0.3, 0.4) is 0 Å². The van der Waals surface area contributed by atoms with E-state index in [0.29, 0.717) is 22.8 Å². The van der Waals surface area contributed by atoms with Crippen LogP contribution < -0.4 is 9.47 Å². The van der Waals surface area contributed by atoms with Crippen molar-refractivity contribution >= 4 is 23.6 Å². The van der Waals surface area contributed by atoms with Gasteiger partial charge in [-0.1, -0.05) is 30.3 Å². The number of fused-ring (bicyclic) bond motifs is 1. The predicted octanol–water partition coefficient (Wildman–Crippen LogP) is 5.76. The number of carbonyl (C=O) groups excluding carboxylic acids is 3. The number of Topliss-reactive ketones (excluding diaryl/α,β-unsaturated/α-hetero) is 2. The largest absolute Gasteiger partial charge is 0.493 e. The van der Waals surface area contributed by atoms with E-state index in [0.717, 1.165) is 13.2 Å². The lowest BCUT2D eigenvalue weighted by molar-refractivity contribution is -0.138. The predicted molar refractivity (Wildman–Crippen MR) is 119 cm³/mol. The molecule has 0 fully saturated rings. The molecule has 0 spiro atoms. The van der Waals surface area contributed by atoms with Gasteiger partial charge in [-0.2, -0.15) is 13.2 Å². The Labute approximate surface area is 197 Å². The van der Waals surface area contributed by atoms with Crippen LogP contribution in [0.1, 0.15) is 42.2 Å². The maximum absolute atomic E-state index is 13.5. The molecule has 0 atom stereocenters. The summed E-state index contributed by atoms with van der Waals surface area (Å²) in [5.74, 6) is -1.87. The summed E-state index contributed by atoms with van der Waals surface area (Å²) in [6.45, 7) is 0. The first kappa shape index (κ1) is 23.7. The van der Waals surface area contributed by atoms with Gasteiger partial charge >= 0.3 is 12.1 Å². The van der Waals surface area contributed by atoms with Crippen LogP contribution in [0.15, 0.2) is 66.2 Å². The number of benzene rings is 3. The van der Waals surface area contributed by atoms with Gasteiger partial charge in [0, 0.05) is 11.1 Å². The molecule has 1 aliphatic carbocycles. The highest BCUT2D eigenvalue weighted by atomic mass is 19.4. The molecule has 35 heavy (non-hydrogen) atoms. The quantitative estimate of drug-likeness (QED) is 0.262. The molecule has 178 valence electrons. The number of rotatable bonds is 5. The summed E-state index contributed by atoms with van der Waals surface area (Å²) in [5, 5.41) is 0. The first-order chi connectivity index (χ1) is 16.6. The number of ketones is 2. The van der Waals surface area contributed by atoms with Crippen LogP contribution in [0.2, 0.25) is 0 Å². The van der Waals surface area contributed by atoms with Crippen molar-refractivity contribution < 1.29 is 41.8 Å². The third kappa shape index (κ3) is 4.52. The topological polar surface area (TPSA) is 78.9 Å². The zero-order chi connectivity index (χ0) is 25.3. The molecule has 0 aromatic heterocycles. The number of esters is 1. The van der Waals surface area contributed by atoms with Crippen molar-refractivity contribution in [1.29, 1.82) is 0 Å². The Morgan fingerprint density at radius 3 is 2.09 bits per heavy atom. The number of carbonyl (C=O) groups is 3. The second kappa shape index (κ2) is 9.09. The Morgan fingerprint density at radius 2 is 1.51 bits per heavy atom. The Balaban J connectivity index is 1.65. The van der Waals surface area contributed by atoms with Gasteiger partial charge in [0.1, 0.15) is 5.75 Å². The van der Waals surface area contributed by atoms with Crippen molar-refractivity contribution in [3.63, 3.8) is 0 Å². The van der Waals surface area contributed by atoms with E-state index in [1.165, 1.54) is 37.5 Å². The molecule has 0 amide bonds. The zero-order valence-electron chi connectivity index (χ0n) is 18.4. The second-order valence-electron chi connectivity index (χ2n) is 7.47. The molecule has 0 N–H and O–H groups in total. The molecule has 0 heterocycles. The van der Waals surface area contributed by atoms with Crippen molar-refractivity contribution in [2.24, 2.45) is 0 Å². The molecule has 0 radical (unpaired) electrons. The Morgan fingerprint density at radius 1 is 0.857 bits per heavy atom. The lowest BCUT2D eigenvalue weighted by Crippen LogP contribution is -2.14. The maximum Gasteiger partial charge on any atom is 0.417 e. The van der Waals surface area contributed by atoms with Gasteiger partial charge in [-0.05, 0) is 42.0 Å². The highest BCUT2D eigenvalue weighted by Crippen LogP contribution is 2.38. The average molecular weight is 482 g/mol. The SMILES string of the molecule is COC(=O)c1ccc(Oc2ccc(C=C3C(=O)c4ccccc4C3=O)cc2OC)cc1C(F)(F)F. The zero-order valence-corrected chi connectivity index (χ0v) is 18.4. The third-order valence-electron chi connectivity index (χ3n) is 5.33. The van der Waals surface area contributed by atoms with Gasteiger partial charge in [-0.25, -0.2) is 4.79 Å². The fourth-order valence-electron chi connectivity index (χ4n) is 3.66. The van der Waals surface area contributed by atoms with Crippen LogP contribution in [0.5, 0.6) is 17.2 Å². The number of alkyl halides is 3. The highest BCUT2D eigenvalue weighted by molar-refractivity contribution is 6.41. The molecule has 4 rings (SSSR count). The van der Waals surface area contributed by atoms with E-state index in [9.17, 15) is 27.6 Å². The van der Waals surface area contributed by atoms with Crippen molar-refractivity contribution in [1.82, 2.24) is 0 Å². The number of allylic oxidation sites excluding steroid dienone is 1. The van der Waals surface area contributed by atoms with E-state index >= 15 is 0 Å². The van der Waals surface area contributed by atoms with Crippen LogP contribution in [0.4, 0.5) is 13.2 Å². The van der Waals surface area contributed by atoms with E-state index in [1.807, 2.05) is 0 Å². The summed E-state index contributed by atoms with van der Waals surface area (Å²) in [4.78, 5) is 36.9. The minimum atomic E-state index is -4.82. The Bertz CT molecular complexity index is 1350. The highest BCUT2D eigenvalue weighted by Gasteiger charge is 2.36. The molecule has 6 nitrogen and oxygen atoms in total. The molecule has 1 aliphatic rings. The molecule has 3 aromatic carbocycles. The fourth-order valence-corrected chi connectivity index (χ4v) is 3.66. The van der Waals surface area contributed by atoms with Crippen molar-refractivity contribution in [3.05, 3.63) is 94.1 Å². The molecule has 3 aromatic rings. The van der Waals surface area contributed by atoms with Gasteiger partial charge in [0.25, 0.3) is 0 Å². The van der Waals surface area contributed by atoms with Gasteiger partial charge in [0.2, 0.25) is 0 Å². The summed E-state index contributed by atoms with van der Waals surface area (Å²) in [7, 11) is 2.32. The van der Waals surface area contributed by atoms with Gasteiger partial charge in [-0.3, -0.25) is 9.59 Å². The Kier molecular flexibility index (Phi) is 6.17. The lowest BCUT2D eigenvalue weighted by Gasteiger charge is -2.15. The smallest absolute Gasteiger partial charge is 0.417 e. The van der Waals surface area contributed by atoms with E-state index in [1.54, 1.807) is 24.3 Å². The van der Waals surface area contributed by atoms with E-state index in [-0.39, 0.29) is 22.8 Å². The van der Waals surface area contributed by atoms with Crippen LogP contribution in [-0.4, -0.2) is 31.8 Å².